The van der Waals surface area contributed by atoms with Gasteiger partial charge in [-0.2, -0.15) is 8.78 Å². The number of alkyl carbamates (subject to hydrolysis) is 1. The van der Waals surface area contributed by atoms with Gasteiger partial charge in [-0.05, 0) is 45.4 Å². The number of imidazole rings is 1. The van der Waals surface area contributed by atoms with Crippen LogP contribution in [0.25, 0.3) is 0 Å². The van der Waals surface area contributed by atoms with Gasteiger partial charge in [0.2, 0.25) is 0 Å². The number of halogens is 4. The van der Waals surface area contributed by atoms with Crippen LogP contribution in [-0.4, -0.2) is 51.1 Å². The minimum atomic E-state index is -2.92. The van der Waals surface area contributed by atoms with Crippen molar-refractivity contribution in [2.24, 2.45) is 0 Å². The zero-order valence-corrected chi connectivity index (χ0v) is 19.4. The number of aromatic nitrogens is 2. The Labute approximate surface area is 199 Å². The molecule has 1 amide bonds. The van der Waals surface area contributed by atoms with E-state index in [2.05, 4.69) is 10.3 Å². The lowest BCUT2D eigenvalue weighted by Gasteiger charge is -2.40. The SMILES string of the molecule is CC(C)(C)OC(=O)NC1CC(N2Cc3nc(C=O)n(C(F)F)c3C2)CO[C@@H]1c1cc(F)ccc1F. The molecule has 2 aliphatic heterocycles. The third kappa shape index (κ3) is 5.32. The first-order valence-corrected chi connectivity index (χ1v) is 11.1. The fourth-order valence-electron chi connectivity index (χ4n) is 4.53. The van der Waals surface area contributed by atoms with Crippen LogP contribution in [0.1, 0.15) is 67.4 Å². The fourth-order valence-corrected chi connectivity index (χ4v) is 4.53. The Kier molecular flexibility index (Phi) is 6.87. The summed E-state index contributed by atoms with van der Waals surface area (Å²) in [4.78, 5) is 29.5. The van der Waals surface area contributed by atoms with Crippen LogP contribution in [0, 0.1) is 11.6 Å². The monoisotopic (exact) mass is 498 g/mol. The van der Waals surface area contributed by atoms with E-state index in [0.717, 1.165) is 18.2 Å². The van der Waals surface area contributed by atoms with Crippen molar-refractivity contribution >= 4 is 12.4 Å². The van der Waals surface area contributed by atoms with Gasteiger partial charge in [0, 0.05) is 24.7 Å². The number of hydrogen-bond donors (Lipinski definition) is 1. The number of benzene rings is 1. The van der Waals surface area contributed by atoms with E-state index in [4.69, 9.17) is 9.47 Å². The minimum Gasteiger partial charge on any atom is -0.444 e. The average Bonchev–Trinajstić information content (AvgIpc) is 3.31. The van der Waals surface area contributed by atoms with E-state index in [-0.39, 0.29) is 55.5 Å². The molecule has 1 saturated heterocycles. The lowest BCUT2D eigenvalue weighted by molar-refractivity contribution is -0.0634. The molecular formula is C23H26F4N4O4. The maximum absolute atomic E-state index is 14.6. The predicted molar refractivity (Wildman–Crippen MR) is 115 cm³/mol. The zero-order chi connectivity index (χ0) is 25.5. The molecular weight excluding hydrogens is 472 g/mol. The first-order chi connectivity index (χ1) is 16.5. The number of nitrogens with zero attached hydrogens (tertiary/aromatic N) is 3. The number of fused-ring (bicyclic) bond motifs is 1. The summed E-state index contributed by atoms with van der Waals surface area (Å²) in [5, 5.41) is 2.70. The van der Waals surface area contributed by atoms with Crippen molar-refractivity contribution in [2.75, 3.05) is 6.61 Å². The van der Waals surface area contributed by atoms with Crippen LogP contribution in [0.4, 0.5) is 22.4 Å². The number of carbonyl (C=O) groups is 2. The van der Waals surface area contributed by atoms with Gasteiger partial charge in [-0.25, -0.2) is 18.6 Å². The summed E-state index contributed by atoms with van der Waals surface area (Å²) in [6.45, 7) is 2.52. The van der Waals surface area contributed by atoms with E-state index in [1.54, 1.807) is 20.8 Å². The highest BCUT2D eigenvalue weighted by atomic mass is 19.3. The fraction of sp³-hybridized carbons (Fsp3) is 0.522. The Morgan fingerprint density at radius 2 is 2.03 bits per heavy atom. The molecule has 1 aromatic carbocycles. The Morgan fingerprint density at radius 1 is 1.29 bits per heavy atom. The first-order valence-electron chi connectivity index (χ1n) is 11.1. The standard InChI is InChI=1S/C23H26F4N4O4/c1-23(2,3)35-22(33)29-16-7-13(11-34-20(16)14-6-12(24)4-5-15(14)25)30-8-17-18(9-30)31(21(26)27)19(10-32)28-17/h4-6,10,13,16,20-21H,7-9,11H2,1-3H3,(H,29,33)/t13?,16?,20-/m1/s1. The largest absolute Gasteiger partial charge is 0.444 e. The highest BCUT2D eigenvalue weighted by molar-refractivity contribution is 5.70. The molecule has 2 aliphatic rings. The first kappa shape index (κ1) is 25.1. The number of amides is 1. The van der Waals surface area contributed by atoms with Crippen LogP contribution in [-0.2, 0) is 22.6 Å². The summed E-state index contributed by atoms with van der Waals surface area (Å²) < 4.78 is 67.3. The summed E-state index contributed by atoms with van der Waals surface area (Å²) in [6, 6.07) is 1.84. The second-order valence-corrected chi connectivity index (χ2v) is 9.60. The summed E-state index contributed by atoms with van der Waals surface area (Å²) in [5.41, 5.74) is -0.235. The smallest absolute Gasteiger partial charge is 0.407 e. The van der Waals surface area contributed by atoms with Crippen LogP contribution in [0.5, 0.6) is 0 Å². The minimum absolute atomic E-state index is 0.0457. The zero-order valence-electron chi connectivity index (χ0n) is 19.4. The molecule has 2 unspecified atom stereocenters. The van der Waals surface area contributed by atoms with Gasteiger partial charge in [0.1, 0.15) is 23.3 Å². The third-order valence-electron chi connectivity index (χ3n) is 5.97. The summed E-state index contributed by atoms with van der Waals surface area (Å²) in [7, 11) is 0. The maximum atomic E-state index is 14.6. The lowest BCUT2D eigenvalue weighted by atomic mass is 9.92. The molecule has 1 N–H and O–H groups in total. The van der Waals surface area contributed by atoms with Gasteiger partial charge in [0.05, 0.1) is 24.0 Å². The predicted octanol–water partition coefficient (Wildman–Crippen LogP) is 4.11. The van der Waals surface area contributed by atoms with Crippen molar-refractivity contribution in [3.8, 4) is 0 Å². The number of ether oxygens (including phenoxy) is 2. The number of aldehydes is 1. The number of hydrogen-bond acceptors (Lipinski definition) is 6. The third-order valence-corrected chi connectivity index (χ3v) is 5.97. The number of alkyl halides is 2. The van der Waals surface area contributed by atoms with Crippen LogP contribution >= 0.6 is 0 Å². The van der Waals surface area contributed by atoms with E-state index in [0.29, 0.717) is 10.3 Å². The van der Waals surface area contributed by atoms with E-state index in [1.165, 1.54) is 0 Å². The molecule has 4 rings (SSSR count). The normalized spacial score (nSPS) is 22.8. The molecule has 35 heavy (non-hydrogen) atoms. The quantitative estimate of drug-likeness (QED) is 0.494. The van der Waals surface area contributed by atoms with E-state index >= 15 is 0 Å². The molecule has 190 valence electrons. The van der Waals surface area contributed by atoms with Crippen LogP contribution in [0.2, 0.25) is 0 Å². The van der Waals surface area contributed by atoms with Crippen molar-refractivity contribution in [3.05, 3.63) is 52.6 Å². The average molecular weight is 498 g/mol. The topological polar surface area (TPSA) is 85.7 Å². The van der Waals surface area contributed by atoms with Crippen LogP contribution < -0.4 is 5.32 Å². The molecule has 0 saturated carbocycles. The van der Waals surface area contributed by atoms with E-state index in [1.807, 2.05) is 4.90 Å². The summed E-state index contributed by atoms with van der Waals surface area (Å²) >= 11 is 0. The van der Waals surface area contributed by atoms with Gasteiger partial charge < -0.3 is 14.8 Å². The van der Waals surface area contributed by atoms with Crippen LogP contribution in [0.15, 0.2) is 18.2 Å². The molecule has 2 aromatic rings. The van der Waals surface area contributed by atoms with Gasteiger partial charge in [-0.15, -0.1) is 0 Å². The highest BCUT2D eigenvalue weighted by Gasteiger charge is 2.41. The molecule has 1 fully saturated rings. The molecule has 0 bridgehead atoms. The van der Waals surface area contributed by atoms with Gasteiger partial charge in [0.25, 0.3) is 0 Å². The van der Waals surface area contributed by atoms with Gasteiger partial charge in [-0.1, -0.05) is 0 Å². The molecule has 8 nitrogen and oxygen atoms in total. The molecule has 0 radical (unpaired) electrons. The second-order valence-electron chi connectivity index (χ2n) is 9.60. The van der Waals surface area contributed by atoms with E-state index in [9.17, 15) is 27.2 Å². The summed E-state index contributed by atoms with van der Waals surface area (Å²) in [6.07, 6.45) is -1.20. The molecule has 12 heteroatoms. The van der Waals surface area contributed by atoms with Crippen LogP contribution in [0.3, 0.4) is 0 Å². The Bertz CT molecular complexity index is 1120. The Morgan fingerprint density at radius 3 is 2.69 bits per heavy atom. The van der Waals surface area contributed by atoms with E-state index < -0.39 is 42.0 Å². The molecule has 3 heterocycles. The Balaban J connectivity index is 1.56. The van der Waals surface area contributed by atoms with Gasteiger partial charge in [-0.3, -0.25) is 14.3 Å². The van der Waals surface area contributed by atoms with Gasteiger partial charge >= 0.3 is 12.6 Å². The van der Waals surface area contributed by atoms with Crippen molar-refractivity contribution in [1.82, 2.24) is 19.8 Å². The van der Waals surface area contributed by atoms with Gasteiger partial charge in [0.15, 0.2) is 12.1 Å². The molecule has 3 atom stereocenters. The maximum Gasteiger partial charge on any atom is 0.407 e. The number of carbonyl (C=O) groups excluding carboxylic acids is 2. The van der Waals surface area contributed by atoms with Crippen molar-refractivity contribution in [1.29, 1.82) is 0 Å². The molecule has 0 spiro atoms. The van der Waals surface area contributed by atoms with Crippen molar-refractivity contribution < 1.29 is 36.6 Å². The Hall–Kier alpha value is -2.99. The second kappa shape index (κ2) is 9.57. The summed E-state index contributed by atoms with van der Waals surface area (Å²) in [5.74, 6) is -1.68. The van der Waals surface area contributed by atoms with Crippen molar-refractivity contribution in [2.45, 2.75) is 70.6 Å². The molecule has 1 aromatic heterocycles. The number of rotatable bonds is 5. The molecule has 0 aliphatic carbocycles. The lowest BCUT2D eigenvalue weighted by Crippen LogP contribution is -2.52. The number of nitrogens with one attached hydrogen (secondary N) is 1. The highest BCUT2D eigenvalue weighted by Crippen LogP contribution is 2.36. The van der Waals surface area contributed by atoms with Crippen molar-refractivity contribution in [3.63, 3.8) is 0 Å².